The van der Waals surface area contributed by atoms with E-state index in [1.165, 1.54) is 0 Å². The molecule has 1 aromatic carbocycles. The third-order valence-corrected chi connectivity index (χ3v) is 3.42. The van der Waals surface area contributed by atoms with Gasteiger partial charge >= 0.3 is 0 Å². The van der Waals surface area contributed by atoms with Crippen molar-refractivity contribution in [3.05, 3.63) is 17.1 Å². The van der Waals surface area contributed by atoms with Crippen LogP contribution in [0.1, 0.15) is 5.01 Å². The summed E-state index contributed by atoms with van der Waals surface area (Å²) < 4.78 is 1.11. The number of rotatable bonds is 3. The zero-order chi connectivity index (χ0) is 11.7. The van der Waals surface area contributed by atoms with Crippen molar-refractivity contribution in [3.63, 3.8) is 0 Å². The molecule has 0 saturated heterocycles. The average molecular weight is 237 g/mol. The van der Waals surface area contributed by atoms with Crippen molar-refractivity contribution in [3.8, 4) is 0 Å². The number of benzene rings is 1. The van der Waals surface area contributed by atoms with Gasteiger partial charge in [0.05, 0.1) is 33.2 Å². The number of aromatic nitrogens is 1. The first-order valence-corrected chi connectivity index (χ1v) is 5.92. The highest BCUT2D eigenvalue weighted by Crippen LogP contribution is 2.31. The van der Waals surface area contributed by atoms with Crippen LogP contribution in [0, 0.1) is 6.92 Å². The van der Waals surface area contributed by atoms with Gasteiger partial charge in [-0.3, -0.25) is 0 Å². The first-order valence-electron chi connectivity index (χ1n) is 5.10. The van der Waals surface area contributed by atoms with Crippen LogP contribution in [0.15, 0.2) is 12.1 Å². The van der Waals surface area contributed by atoms with Gasteiger partial charge in [0.1, 0.15) is 0 Å². The Kier molecular flexibility index (Phi) is 2.98. The zero-order valence-electron chi connectivity index (χ0n) is 9.40. The van der Waals surface area contributed by atoms with E-state index in [1.807, 2.05) is 31.0 Å². The quantitative estimate of drug-likeness (QED) is 0.796. The molecule has 5 heteroatoms. The molecule has 0 spiro atoms. The number of nitrogen functional groups attached to an aromatic ring is 1. The number of hydrogen-bond acceptors (Lipinski definition) is 5. The van der Waals surface area contributed by atoms with Crippen molar-refractivity contribution >= 4 is 32.9 Å². The minimum absolute atomic E-state index is 0.115. The van der Waals surface area contributed by atoms with Gasteiger partial charge in [-0.25, -0.2) is 4.98 Å². The summed E-state index contributed by atoms with van der Waals surface area (Å²) in [6.45, 7) is 2.67. The number of nitrogens with two attached hydrogens (primary N) is 1. The van der Waals surface area contributed by atoms with E-state index in [0.29, 0.717) is 6.54 Å². The van der Waals surface area contributed by atoms with Crippen LogP contribution in [0.4, 0.5) is 11.4 Å². The van der Waals surface area contributed by atoms with Gasteiger partial charge in [-0.15, -0.1) is 11.3 Å². The van der Waals surface area contributed by atoms with Crippen molar-refractivity contribution in [2.75, 3.05) is 30.8 Å². The van der Waals surface area contributed by atoms with Gasteiger partial charge in [0.2, 0.25) is 0 Å². The molecule has 0 bridgehead atoms. The Bertz CT molecular complexity index is 509. The molecule has 0 unspecified atom stereocenters. The van der Waals surface area contributed by atoms with Crippen molar-refractivity contribution in [1.29, 1.82) is 0 Å². The van der Waals surface area contributed by atoms with Gasteiger partial charge in [-0.1, -0.05) is 0 Å². The predicted octanol–water partition coefficient (Wildman–Crippen LogP) is 1.62. The van der Waals surface area contributed by atoms with Gasteiger partial charge in [-0.05, 0) is 19.1 Å². The van der Waals surface area contributed by atoms with E-state index < -0.39 is 0 Å². The lowest BCUT2D eigenvalue weighted by Gasteiger charge is -2.19. The molecule has 0 aliphatic carbocycles. The van der Waals surface area contributed by atoms with E-state index in [9.17, 15) is 0 Å². The standard InChI is InChI=1S/C11H15N3OS/c1-7-13-9-6-10(14(2)3-4-15)8(12)5-11(9)16-7/h5-6,15H,3-4,12H2,1-2H3. The fourth-order valence-corrected chi connectivity index (χ4v) is 2.55. The molecule has 2 rings (SSSR count). The number of aliphatic hydroxyl groups excluding tert-OH is 1. The molecule has 1 aromatic heterocycles. The van der Waals surface area contributed by atoms with Crippen LogP contribution in [0.5, 0.6) is 0 Å². The number of thiazole rings is 1. The third kappa shape index (κ3) is 1.96. The molecule has 0 radical (unpaired) electrons. The highest BCUT2D eigenvalue weighted by atomic mass is 32.1. The molecular formula is C11H15N3OS. The Hall–Kier alpha value is -1.33. The fourth-order valence-electron chi connectivity index (χ4n) is 1.69. The first kappa shape index (κ1) is 11.2. The lowest BCUT2D eigenvalue weighted by atomic mass is 10.2. The van der Waals surface area contributed by atoms with Gasteiger partial charge < -0.3 is 15.7 Å². The first-order chi connectivity index (χ1) is 7.61. The summed E-state index contributed by atoms with van der Waals surface area (Å²) in [7, 11) is 1.91. The fraction of sp³-hybridized carbons (Fsp3) is 0.364. The molecule has 0 fully saturated rings. The molecule has 86 valence electrons. The SMILES string of the molecule is Cc1nc2cc(N(C)CCO)c(N)cc2s1. The average Bonchev–Trinajstić information content (AvgIpc) is 2.56. The van der Waals surface area contributed by atoms with Crippen LogP contribution in [-0.2, 0) is 0 Å². The second kappa shape index (κ2) is 4.27. The lowest BCUT2D eigenvalue weighted by molar-refractivity contribution is 0.304. The molecule has 2 aromatic rings. The van der Waals surface area contributed by atoms with E-state index >= 15 is 0 Å². The number of likely N-dealkylation sites (N-methyl/N-ethyl adjacent to an activating group) is 1. The van der Waals surface area contributed by atoms with Gasteiger partial charge in [-0.2, -0.15) is 0 Å². The molecule has 0 atom stereocenters. The monoisotopic (exact) mass is 237 g/mol. The summed E-state index contributed by atoms with van der Waals surface area (Å²) >= 11 is 1.64. The highest BCUT2D eigenvalue weighted by molar-refractivity contribution is 7.18. The highest BCUT2D eigenvalue weighted by Gasteiger charge is 2.09. The van der Waals surface area contributed by atoms with Crippen LogP contribution in [0.2, 0.25) is 0 Å². The van der Waals surface area contributed by atoms with E-state index in [1.54, 1.807) is 11.3 Å². The maximum atomic E-state index is 8.91. The predicted molar refractivity (Wildman–Crippen MR) is 69.1 cm³/mol. The van der Waals surface area contributed by atoms with Crippen LogP contribution in [0.25, 0.3) is 10.2 Å². The minimum atomic E-state index is 0.115. The largest absolute Gasteiger partial charge is 0.397 e. The molecule has 3 N–H and O–H groups in total. The Morgan fingerprint density at radius 3 is 2.94 bits per heavy atom. The van der Waals surface area contributed by atoms with E-state index in [-0.39, 0.29) is 6.61 Å². The van der Waals surface area contributed by atoms with Crippen LogP contribution in [-0.4, -0.2) is 30.3 Å². The van der Waals surface area contributed by atoms with E-state index in [4.69, 9.17) is 10.8 Å². The van der Waals surface area contributed by atoms with E-state index in [2.05, 4.69) is 4.98 Å². The summed E-state index contributed by atoms with van der Waals surface area (Å²) in [5, 5.41) is 9.95. The van der Waals surface area contributed by atoms with Crippen molar-refractivity contribution < 1.29 is 5.11 Å². The minimum Gasteiger partial charge on any atom is -0.397 e. The number of hydrogen-bond donors (Lipinski definition) is 2. The summed E-state index contributed by atoms with van der Waals surface area (Å²) in [5.41, 5.74) is 8.60. The molecule has 0 aliphatic rings. The Balaban J connectivity index is 2.48. The molecule has 0 aliphatic heterocycles. The van der Waals surface area contributed by atoms with Crippen molar-refractivity contribution in [2.45, 2.75) is 6.92 Å². The molecule has 1 heterocycles. The number of anilines is 2. The van der Waals surface area contributed by atoms with E-state index in [0.717, 1.165) is 26.6 Å². The number of nitrogens with zero attached hydrogens (tertiary/aromatic N) is 2. The Labute approximate surface area is 98.3 Å². The molecule has 4 nitrogen and oxygen atoms in total. The summed E-state index contributed by atoms with van der Waals surface area (Å²) in [6, 6.07) is 3.92. The number of fused-ring (bicyclic) bond motifs is 1. The number of aliphatic hydroxyl groups is 1. The van der Waals surface area contributed by atoms with Gasteiger partial charge in [0.25, 0.3) is 0 Å². The van der Waals surface area contributed by atoms with Crippen molar-refractivity contribution in [1.82, 2.24) is 4.98 Å². The second-order valence-electron chi connectivity index (χ2n) is 3.76. The summed E-state index contributed by atoms with van der Waals surface area (Å²) in [6.07, 6.45) is 0. The summed E-state index contributed by atoms with van der Waals surface area (Å²) in [4.78, 5) is 6.37. The van der Waals surface area contributed by atoms with Gasteiger partial charge in [0.15, 0.2) is 0 Å². The van der Waals surface area contributed by atoms with Gasteiger partial charge in [0, 0.05) is 13.6 Å². The molecule has 0 amide bonds. The number of aryl methyl sites for hydroxylation is 1. The smallest absolute Gasteiger partial charge is 0.0907 e. The normalized spacial score (nSPS) is 10.9. The van der Waals surface area contributed by atoms with Crippen molar-refractivity contribution in [2.24, 2.45) is 0 Å². The van der Waals surface area contributed by atoms with Crippen LogP contribution in [0.3, 0.4) is 0 Å². The third-order valence-electron chi connectivity index (χ3n) is 2.49. The molecule has 16 heavy (non-hydrogen) atoms. The summed E-state index contributed by atoms with van der Waals surface area (Å²) in [5.74, 6) is 0. The Morgan fingerprint density at radius 1 is 1.50 bits per heavy atom. The zero-order valence-corrected chi connectivity index (χ0v) is 10.2. The second-order valence-corrected chi connectivity index (χ2v) is 4.99. The van der Waals surface area contributed by atoms with Crippen LogP contribution < -0.4 is 10.6 Å². The molecule has 0 saturated carbocycles. The maximum Gasteiger partial charge on any atom is 0.0907 e. The van der Waals surface area contributed by atoms with Crippen LogP contribution >= 0.6 is 11.3 Å². The molecular weight excluding hydrogens is 222 g/mol. The lowest BCUT2D eigenvalue weighted by Crippen LogP contribution is -2.22. The Morgan fingerprint density at radius 2 is 2.25 bits per heavy atom. The maximum absolute atomic E-state index is 8.91. The topological polar surface area (TPSA) is 62.4 Å².